The summed E-state index contributed by atoms with van der Waals surface area (Å²) in [4.78, 5) is 18.2. The number of nitrogens with zero attached hydrogens (tertiary/aromatic N) is 4. The molecule has 0 spiro atoms. The number of nitrogens with two attached hydrogens (primary N) is 1. The van der Waals surface area contributed by atoms with E-state index in [1.54, 1.807) is 6.20 Å². The first-order chi connectivity index (χ1) is 12.5. The first kappa shape index (κ1) is 16.6. The molecule has 0 radical (unpaired) electrons. The van der Waals surface area contributed by atoms with Crippen molar-refractivity contribution in [2.45, 2.75) is 26.7 Å². The van der Waals surface area contributed by atoms with Crippen molar-refractivity contribution in [3.05, 3.63) is 47.8 Å². The molecule has 0 saturated carbocycles. The molecule has 3 aromatic rings. The third-order valence-corrected chi connectivity index (χ3v) is 5.22. The molecular formula is C20H23N5O. The SMILES string of the molecule is Cc1ccc(-c2cc3c(N4CCC(C(N)=O)CC4)nccn3n2)c(C)c1. The number of aryl methyl sites for hydroxylation is 2. The van der Waals surface area contributed by atoms with Crippen LogP contribution in [0.3, 0.4) is 0 Å². The maximum absolute atomic E-state index is 11.4. The highest BCUT2D eigenvalue weighted by atomic mass is 16.1. The minimum absolute atomic E-state index is 0.0262. The molecule has 2 aromatic heterocycles. The van der Waals surface area contributed by atoms with Crippen LogP contribution in [0.1, 0.15) is 24.0 Å². The maximum atomic E-state index is 11.4. The van der Waals surface area contributed by atoms with Crippen molar-refractivity contribution in [2.75, 3.05) is 18.0 Å². The second-order valence-corrected chi connectivity index (χ2v) is 7.09. The van der Waals surface area contributed by atoms with E-state index in [2.05, 4.69) is 48.0 Å². The quantitative estimate of drug-likeness (QED) is 0.789. The Morgan fingerprint density at radius 1 is 1.19 bits per heavy atom. The Bertz CT molecular complexity index is 969. The molecule has 0 atom stereocenters. The first-order valence-corrected chi connectivity index (χ1v) is 8.99. The number of hydrogen-bond acceptors (Lipinski definition) is 4. The number of benzene rings is 1. The molecule has 3 heterocycles. The number of primary amides is 1. The summed E-state index contributed by atoms with van der Waals surface area (Å²) >= 11 is 0. The highest BCUT2D eigenvalue weighted by molar-refractivity contribution is 5.78. The zero-order valence-electron chi connectivity index (χ0n) is 15.1. The number of amides is 1. The van der Waals surface area contributed by atoms with Crippen molar-refractivity contribution in [2.24, 2.45) is 11.7 Å². The molecule has 1 aliphatic heterocycles. The Labute approximate surface area is 152 Å². The lowest BCUT2D eigenvalue weighted by molar-refractivity contribution is -0.122. The molecule has 6 nitrogen and oxygen atoms in total. The third kappa shape index (κ3) is 2.92. The number of carbonyl (C=O) groups excluding carboxylic acids is 1. The van der Waals surface area contributed by atoms with E-state index in [4.69, 9.17) is 10.8 Å². The Morgan fingerprint density at radius 3 is 2.65 bits per heavy atom. The second-order valence-electron chi connectivity index (χ2n) is 7.09. The highest BCUT2D eigenvalue weighted by Gasteiger charge is 2.25. The predicted molar refractivity (Wildman–Crippen MR) is 102 cm³/mol. The fourth-order valence-electron chi connectivity index (χ4n) is 3.76. The molecular weight excluding hydrogens is 326 g/mol. The van der Waals surface area contributed by atoms with Crippen molar-refractivity contribution >= 4 is 17.2 Å². The van der Waals surface area contributed by atoms with E-state index in [0.717, 1.165) is 48.5 Å². The number of fused-ring (bicyclic) bond motifs is 1. The second kappa shape index (κ2) is 6.44. The van der Waals surface area contributed by atoms with Gasteiger partial charge in [0.15, 0.2) is 5.82 Å². The normalized spacial score (nSPS) is 15.5. The fourth-order valence-corrected chi connectivity index (χ4v) is 3.76. The van der Waals surface area contributed by atoms with Gasteiger partial charge in [0.1, 0.15) is 5.52 Å². The topological polar surface area (TPSA) is 76.5 Å². The van der Waals surface area contributed by atoms with Crippen molar-refractivity contribution in [1.82, 2.24) is 14.6 Å². The number of hydrogen-bond donors (Lipinski definition) is 1. The van der Waals surface area contributed by atoms with Crippen LogP contribution in [-0.4, -0.2) is 33.6 Å². The van der Waals surface area contributed by atoms with Crippen molar-refractivity contribution in [3.8, 4) is 11.3 Å². The van der Waals surface area contributed by atoms with E-state index < -0.39 is 0 Å². The van der Waals surface area contributed by atoms with Crippen molar-refractivity contribution < 1.29 is 4.79 Å². The van der Waals surface area contributed by atoms with E-state index >= 15 is 0 Å². The minimum Gasteiger partial charge on any atom is -0.369 e. The van der Waals surface area contributed by atoms with Crippen LogP contribution >= 0.6 is 0 Å². The van der Waals surface area contributed by atoms with Crippen LogP contribution in [-0.2, 0) is 4.79 Å². The maximum Gasteiger partial charge on any atom is 0.220 e. The molecule has 1 aromatic carbocycles. The molecule has 26 heavy (non-hydrogen) atoms. The van der Waals surface area contributed by atoms with E-state index in [0.29, 0.717) is 0 Å². The van der Waals surface area contributed by atoms with Gasteiger partial charge in [-0.3, -0.25) is 4.79 Å². The van der Waals surface area contributed by atoms with Crippen molar-refractivity contribution in [1.29, 1.82) is 0 Å². The van der Waals surface area contributed by atoms with Crippen LogP contribution in [0.15, 0.2) is 36.7 Å². The summed E-state index contributed by atoms with van der Waals surface area (Å²) in [6.07, 6.45) is 5.20. The number of rotatable bonds is 3. The van der Waals surface area contributed by atoms with Crippen LogP contribution in [0, 0.1) is 19.8 Å². The molecule has 134 valence electrons. The molecule has 6 heteroatoms. The predicted octanol–water partition coefficient (Wildman–Crippen LogP) is 2.71. The molecule has 4 rings (SSSR count). The van der Waals surface area contributed by atoms with Gasteiger partial charge in [-0.15, -0.1) is 0 Å². The number of anilines is 1. The lowest BCUT2D eigenvalue weighted by Crippen LogP contribution is -2.39. The Hall–Kier alpha value is -2.89. The highest BCUT2D eigenvalue weighted by Crippen LogP contribution is 2.29. The number of aromatic nitrogens is 3. The molecule has 0 bridgehead atoms. The van der Waals surface area contributed by atoms with E-state index in [1.807, 2.05) is 10.7 Å². The van der Waals surface area contributed by atoms with E-state index in [9.17, 15) is 4.79 Å². The summed E-state index contributed by atoms with van der Waals surface area (Å²) < 4.78 is 1.89. The van der Waals surface area contributed by atoms with Crippen LogP contribution in [0.2, 0.25) is 0 Å². The van der Waals surface area contributed by atoms with Crippen molar-refractivity contribution in [3.63, 3.8) is 0 Å². The van der Waals surface area contributed by atoms with Gasteiger partial charge in [-0.25, -0.2) is 9.50 Å². The van der Waals surface area contributed by atoms with Crippen LogP contribution in [0.25, 0.3) is 16.8 Å². The lowest BCUT2D eigenvalue weighted by Gasteiger charge is -2.31. The molecule has 2 N–H and O–H groups in total. The standard InChI is InChI=1S/C20H23N5O/c1-13-3-4-16(14(2)11-13)17-12-18-20(22-7-10-25(18)23-17)24-8-5-15(6-9-24)19(21)26/h3-4,7,10-12,15H,5-6,8-9H2,1-2H3,(H2,21,26). The summed E-state index contributed by atoms with van der Waals surface area (Å²) in [6.45, 7) is 5.77. The largest absolute Gasteiger partial charge is 0.369 e. The Balaban J connectivity index is 1.69. The summed E-state index contributed by atoms with van der Waals surface area (Å²) in [5, 5.41) is 4.75. The first-order valence-electron chi connectivity index (χ1n) is 8.99. The van der Waals surface area contributed by atoms with Gasteiger partial charge < -0.3 is 10.6 Å². The molecule has 0 unspecified atom stereocenters. The minimum atomic E-state index is -0.197. The van der Waals surface area contributed by atoms with Crippen LogP contribution in [0.5, 0.6) is 0 Å². The number of carbonyl (C=O) groups is 1. The van der Waals surface area contributed by atoms with Gasteiger partial charge in [0.05, 0.1) is 5.69 Å². The number of piperidine rings is 1. The molecule has 0 aliphatic carbocycles. The van der Waals surface area contributed by atoms with Gasteiger partial charge in [-0.05, 0) is 38.3 Å². The summed E-state index contributed by atoms with van der Waals surface area (Å²) in [6, 6.07) is 8.51. The van der Waals surface area contributed by atoms with Gasteiger partial charge in [0.25, 0.3) is 0 Å². The van der Waals surface area contributed by atoms with Gasteiger partial charge in [0, 0.05) is 37.0 Å². The van der Waals surface area contributed by atoms with E-state index in [-0.39, 0.29) is 11.8 Å². The molecule has 1 saturated heterocycles. The average molecular weight is 349 g/mol. The van der Waals surface area contributed by atoms with Gasteiger partial charge in [-0.2, -0.15) is 5.10 Å². The molecule has 1 fully saturated rings. The smallest absolute Gasteiger partial charge is 0.220 e. The fraction of sp³-hybridized carbons (Fsp3) is 0.350. The van der Waals surface area contributed by atoms with Gasteiger partial charge in [0.2, 0.25) is 5.91 Å². The molecule has 1 amide bonds. The van der Waals surface area contributed by atoms with Crippen LogP contribution in [0.4, 0.5) is 5.82 Å². The summed E-state index contributed by atoms with van der Waals surface area (Å²) in [7, 11) is 0. The van der Waals surface area contributed by atoms with Crippen LogP contribution < -0.4 is 10.6 Å². The zero-order valence-corrected chi connectivity index (χ0v) is 15.1. The Morgan fingerprint density at radius 2 is 1.96 bits per heavy atom. The monoisotopic (exact) mass is 349 g/mol. The van der Waals surface area contributed by atoms with E-state index in [1.165, 1.54) is 11.1 Å². The summed E-state index contributed by atoms with van der Waals surface area (Å²) in [5.41, 5.74) is 11.0. The zero-order chi connectivity index (χ0) is 18.3. The molecule has 1 aliphatic rings. The lowest BCUT2D eigenvalue weighted by atomic mass is 9.96. The van der Waals surface area contributed by atoms with Gasteiger partial charge >= 0.3 is 0 Å². The third-order valence-electron chi connectivity index (χ3n) is 5.22. The average Bonchev–Trinajstić information content (AvgIpc) is 3.05. The Kier molecular flexibility index (Phi) is 4.11. The van der Waals surface area contributed by atoms with Gasteiger partial charge in [-0.1, -0.05) is 23.8 Å². The summed E-state index contributed by atoms with van der Waals surface area (Å²) in [5.74, 6) is 0.693.